The first kappa shape index (κ1) is 14.5. The largest absolute Gasteiger partial charge is 0.377 e. The zero-order valence-electron chi connectivity index (χ0n) is 11.5. The van der Waals surface area contributed by atoms with E-state index in [4.69, 9.17) is 4.74 Å². The summed E-state index contributed by atoms with van der Waals surface area (Å²) < 4.78 is 34.5. The Labute approximate surface area is 114 Å². The van der Waals surface area contributed by atoms with Crippen LogP contribution in [0.5, 0.6) is 0 Å². The Morgan fingerprint density at radius 1 is 1.53 bits per heavy atom. The summed E-state index contributed by atoms with van der Waals surface area (Å²) in [5, 5.41) is 3.01. The Morgan fingerprint density at radius 2 is 2.26 bits per heavy atom. The fraction of sp³-hybridized carbons (Fsp3) is 0.667. The van der Waals surface area contributed by atoms with Gasteiger partial charge in [0.2, 0.25) is 10.0 Å². The lowest BCUT2D eigenvalue weighted by atomic mass is 10.2. The molecule has 2 atom stereocenters. The molecule has 0 amide bonds. The molecule has 108 valence electrons. The average Bonchev–Trinajstić information content (AvgIpc) is 2.88. The van der Waals surface area contributed by atoms with Gasteiger partial charge in [-0.2, -0.15) is 0 Å². The molecule has 2 rings (SSSR count). The van der Waals surface area contributed by atoms with Crippen LogP contribution in [0.3, 0.4) is 0 Å². The van der Waals surface area contributed by atoms with Crippen LogP contribution in [0.4, 0.5) is 0 Å². The van der Waals surface area contributed by atoms with Gasteiger partial charge in [-0.1, -0.05) is 0 Å². The highest BCUT2D eigenvalue weighted by Gasteiger charge is 2.29. The summed E-state index contributed by atoms with van der Waals surface area (Å²) >= 11 is 0. The third kappa shape index (κ3) is 3.17. The number of nitrogens with one attached hydrogen (secondary N) is 2. The van der Waals surface area contributed by atoms with Gasteiger partial charge in [-0.05, 0) is 26.5 Å². The molecule has 0 aromatic carbocycles. The second-order valence-electron chi connectivity index (χ2n) is 4.90. The molecule has 0 bridgehead atoms. The van der Waals surface area contributed by atoms with Crippen LogP contribution in [0, 0.1) is 0 Å². The number of sulfonamides is 1. The molecule has 19 heavy (non-hydrogen) atoms. The molecule has 0 saturated carbocycles. The van der Waals surface area contributed by atoms with Crippen molar-refractivity contribution in [1.82, 2.24) is 14.6 Å². The van der Waals surface area contributed by atoms with E-state index in [9.17, 15) is 8.42 Å². The fourth-order valence-corrected chi connectivity index (χ4v) is 3.67. The van der Waals surface area contributed by atoms with Crippen molar-refractivity contribution in [3.63, 3.8) is 0 Å². The molecule has 1 saturated heterocycles. The molecular formula is C12H21N3O3S. The van der Waals surface area contributed by atoms with Crippen molar-refractivity contribution in [3.05, 3.63) is 18.0 Å². The lowest BCUT2D eigenvalue weighted by Gasteiger charge is -2.15. The summed E-state index contributed by atoms with van der Waals surface area (Å²) in [6, 6.07) is 1.55. The third-order valence-corrected chi connectivity index (χ3v) is 4.89. The van der Waals surface area contributed by atoms with E-state index in [1.54, 1.807) is 12.3 Å². The number of ether oxygens (including phenoxy) is 1. The zero-order valence-corrected chi connectivity index (χ0v) is 12.3. The molecule has 0 aliphatic carbocycles. The van der Waals surface area contributed by atoms with Gasteiger partial charge in [0.1, 0.15) is 0 Å². The first-order valence-electron chi connectivity index (χ1n) is 6.38. The first-order valence-corrected chi connectivity index (χ1v) is 7.86. The van der Waals surface area contributed by atoms with E-state index in [2.05, 4.69) is 10.0 Å². The van der Waals surface area contributed by atoms with Crippen molar-refractivity contribution in [2.45, 2.75) is 36.9 Å². The second kappa shape index (κ2) is 5.62. The Kier molecular flexibility index (Phi) is 4.29. The monoisotopic (exact) mass is 287 g/mol. The average molecular weight is 287 g/mol. The molecule has 0 radical (unpaired) electrons. The highest BCUT2D eigenvalue weighted by atomic mass is 32.2. The molecule has 7 heteroatoms. The molecular weight excluding hydrogens is 266 g/mol. The van der Waals surface area contributed by atoms with Crippen LogP contribution >= 0.6 is 0 Å². The van der Waals surface area contributed by atoms with E-state index < -0.39 is 10.0 Å². The van der Waals surface area contributed by atoms with Gasteiger partial charge in [0.25, 0.3) is 0 Å². The molecule has 6 nitrogen and oxygen atoms in total. The third-order valence-electron chi connectivity index (χ3n) is 3.43. The van der Waals surface area contributed by atoms with Gasteiger partial charge >= 0.3 is 0 Å². The van der Waals surface area contributed by atoms with Crippen molar-refractivity contribution >= 4 is 10.0 Å². The number of nitrogens with zero attached hydrogens (tertiary/aromatic N) is 1. The molecule has 1 fully saturated rings. The summed E-state index contributed by atoms with van der Waals surface area (Å²) in [4.78, 5) is 0.305. The highest BCUT2D eigenvalue weighted by molar-refractivity contribution is 7.89. The molecule has 2 heterocycles. The minimum Gasteiger partial charge on any atom is -0.377 e. The van der Waals surface area contributed by atoms with Gasteiger partial charge in [-0.15, -0.1) is 0 Å². The molecule has 2 N–H and O–H groups in total. The normalized spacial score (nSPS) is 23.9. The highest BCUT2D eigenvalue weighted by Crippen LogP contribution is 2.18. The summed E-state index contributed by atoms with van der Waals surface area (Å²) in [6.07, 6.45) is 2.28. The smallest absolute Gasteiger partial charge is 0.242 e. The number of aryl methyl sites for hydroxylation is 1. The molecule has 0 spiro atoms. The quantitative estimate of drug-likeness (QED) is 0.811. The topological polar surface area (TPSA) is 72.4 Å². The standard InChI is InChI=1S/C12H21N3O3S/c1-9-12(4-5-18-9)14-19(16,17)11-6-10(7-13-2)15(3)8-11/h6,8-9,12-14H,4-5,7H2,1-3H3. The van der Waals surface area contributed by atoms with Crippen LogP contribution in [0.2, 0.25) is 0 Å². The summed E-state index contributed by atoms with van der Waals surface area (Å²) in [6.45, 7) is 3.13. The van der Waals surface area contributed by atoms with Gasteiger partial charge in [0, 0.05) is 32.1 Å². The molecule has 1 aromatic rings. The number of hydrogen-bond acceptors (Lipinski definition) is 4. The van der Waals surface area contributed by atoms with Crippen LogP contribution in [0.1, 0.15) is 19.0 Å². The van der Waals surface area contributed by atoms with Gasteiger partial charge in [0.15, 0.2) is 0 Å². The van der Waals surface area contributed by atoms with Crippen LogP contribution in [-0.4, -0.2) is 38.8 Å². The number of hydrogen-bond donors (Lipinski definition) is 2. The maximum absolute atomic E-state index is 12.3. The summed E-state index contributed by atoms with van der Waals surface area (Å²) in [5.41, 5.74) is 0.929. The predicted molar refractivity (Wildman–Crippen MR) is 72.3 cm³/mol. The van der Waals surface area contributed by atoms with Crippen molar-refractivity contribution in [2.24, 2.45) is 7.05 Å². The predicted octanol–water partition coefficient (Wildman–Crippen LogP) is 0.200. The van der Waals surface area contributed by atoms with Crippen molar-refractivity contribution < 1.29 is 13.2 Å². The lowest BCUT2D eigenvalue weighted by Crippen LogP contribution is -2.38. The van der Waals surface area contributed by atoms with Crippen molar-refractivity contribution in [2.75, 3.05) is 13.7 Å². The van der Waals surface area contributed by atoms with Crippen LogP contribution in [0.15, 0.2) is 17.2 Å². The molecule has 1 aromatic heterocycles. The lowest BCUT2D eigenvalue weighted by molar-refractivity contribution is 0.117. The summed E-state index contributed by atoms with van der Waals surface area (Å²) in [5.74, 6) is 0. The van der Waals surface area contributed by atoms with Crippen LogP contribution < -0.4 is 10.0 Å². The zero-order chi connectivity index (χ0) is 14.0. The van der Waals surface area contributed by atoms with E-state index in [1.165, 1.54) is 0 Å². The van der Waals surface area contributed by atoms with Crippen molar-refractivity contribution in [3.8, 4) is 0 Å². The number of rotatable bonds is 5. The van der Waals surface area contributed by atoms with Gasteiger partial charge < -0.3 is 14.6 Å². The second-order valence-corrected chi connectivity index (χ2v) is 6.61. The maximum atomic E-state index is 12.3. The number of aromatic nitrogens is 1. The Bertz CT molecular complexity index is 538. The van der Waals surface area contributed by atoms with E-state index in [-0.39, 0.29) is 12.1 Å². The fourth-order valence-electron chi connectivity index (χ4n) is 2.23. The van der Waals surface area contributed by atoms with Gasteiger partial charge in [-0.3, -0.25) is 0 Å². The van der Waals surface area contributed by atoms with E-state index >= 15 is 0 Å². The summed E-state index contributed by atoms with van der Waals surface area (Å²) in [7, 11) is 0.195. The Morgan fingerprint density at radius 3 is 2.84 bits per heavy atom. The van der Waals surface area contributed by atoms with Crippen LogP contribution in [0.25, 0.3) is 0 Å². The van der Waals surface area contributed by atoms with E-state index in [0.29, 0.717) is 18.0 Å². The van der Waals surface area contributed by atoms with Gasteiger partial charge in [0.05, 0.1) is 17.0 Å². The minimum absolute atomic E-state index is 0.0738. The van der Waals surface area contributed by atoms with Crippen molar-refractivity contribution in [1.29, 1.82) is 0 Å². The Hall–Kier alpha value is -0.890. The molecule has 1 aliphatic rings. The first-order chi connectivity index (χ1) is 8.94. The SMILES string of the molecule is CNCc1cc(S(=O)(=O)NC2CCOC2C)cn1C. The minimum atomic E-state index is -3.48. The van der Waals surface area contributed by atoms with E-state index in [1.807, 2.05) is 25.6 Å². The van der Waals surface area contributed by atoms with Gasteiger partial charge in [-0.25, -0.2) is 13.1 Å². The van der Waals surface area contributed by atoms with E-state index in [0.717, 1.165) is 12.1 Å². The molecule has 1 aliphatic heterocycles. The molecule has 2 unspecified atom stereocenters. The van der Waals surface area contributed by atoms with Crippen LogP contribution in [-0.2, 0) is 28.4 Å². The maximum Gasteiger partial charge on any atom is 0.242 e. The Balaban J connectivity index is 2.17.